The number of hydrogen-bond donors (Lipinski definition) is 1. The van der Waals surface area contributed by atoms with E-state index in [2.05, 4.69) is 34.6 Å². The Hall–Kier alpha value is -2.40. The smallest absolute Gasteiger partial charge is 0.251 e. The Morgan fingerprint density at radius 2 is 2.00 bits per heavy atom. The molecular weight excluding hydrogens is 266 g/mol. The highest BCUT2D eigenvalue weighted by atomic mass is 16.4. The minimum absolute atomic E-state index is 0.0979. The fourth-order valence-corrected chi connectivity index (χ4v) is 2.14. The van der Waals surface area contributed by atoms with Crippen LogP contribution >= 0.6 is 0 Å². The number of rotatable bonds is 6. The Kier molecular flexibility index (Phi) is 4.12. The Labute approximate surface area is 123 Å². The summed E-state index contributed by atoms with van der Waals surface area (Å²) < 4.78 is 10.8. The Bertz CT molecular complexity index is 662. The highest BCUT2D eigenvalue weighted by molar-refractivity contribution is 5.49. The van der Waals surface area contributed by atoms with Gasteiger partial charge in [0.1, 0.15) is 12.3 Å². The molecule has 0 aliphatic carbocycles. The summed E-state index contributed by atoms with van der Waals surface area (Å²) >= 11 is 0. The predicted octanol–water partition coefficient (Wildman–Crippen LogP) is 3.42. The van der Waals surface area contributed by atoms with Gasteiger partial charge in [0.2, 0.25) is 5.89 Å². The van der Waals surface area contributed by atoms with Crippen molar-refractivity contribution in [3.8, 4) is 11.5 Å². The fraction of sp³-hybridized carbons (Fsp3) is 0.250. The molecule has 0 saturated carbocycles. The van der Waals surface area contributed by atoms with Crippen LogP contribution in [0.3, 0.4) is 0 Å². The minimum Gasteiger partial charge on any atom is -0.472 e. The molecule has 2 aromatic heterocycles. The molecule has 5 nitrogen and oxygen atoms in total. The number of nitrogens with zero attached hydrogens (tertiary/aromatic N) is 2. The van der Waals surface area contributed by atoms with E-state index in [1.165, 1.54) is 0 Å². The number of benzene rings is 1. The lowest BCUT2D eigenvalue weighted by atomic mass is 10.1. The van der Waals surface area contributed by atoms with Crippen LogP contribution in [-0.2, 0) is 0 Å². The first-order chi connectivity index (χ1) is 10.4. The highest BCUT2D eigenvalue weighted by Gasteiger charge is 2.20. The van der Waals surface area contributed by atoms with Crippen molar-refractivity contribution < 1.29 is 8.83 Å². The summed E-state index contributed by atoms with van der Waals surface area (Å²) in [4.78, 5) is 0. The van der Waals surface area contributed by atoms with Gasteiger partial charge in [-0.2, -0.15) is 0 Å². The van der Waals surface area contributed by atoms with Gasteiger partial charge in [-0.3, -0.25) is 0 Å². The zero-order chi connectivity index (χ0) is 14.5. The summed E-state index contributed by atoms with van der Waals surface area (Å²) in [7, 11) is 0. The molecule has 1 aromatic carbocycles. The van der Waals surface area contributed by atoms with E-state index in [0.29, 0.717) is 11.8 Å². The Balaban J connectivity index is 1.90. The second kappa shape index (κ2) is 6.37. The second-order valence-corrected chi connectivity index (χ2v) is 4.76. The molecular formula is C16H17N3O2. The predicted molar refractivity (Wildman–Crippen MR) is 78.6 cm³/mol. The molecule has 0 saturated heterocycles. The molecule has 108 valence electrons. The maximum absolute atomic E-state index is 5.80. The maximum atomic E-state index is 5.80. The monoisotopic (exact) mass is 283 g/mol. The average molecular weight is 283 g/mol. The van der Waals surface area contributed by atoms with Crippen molar-refractivity contribution in [2.45, 2.75) is 19.4 Å². The van der Waals surface area contributed by atoms with Gasteiger partial charge in [0, 0.05) is 0 Å². The fourth-order valence-electron chi connectivity index (χ4n) is 2.14. The van der Waals surface area contributed by atoms with Gasteiger partial charge in [-0.1, -0.05) is 37.3 Å². The van der Waals surface area contributed by atoms with Crippen LogP contribution in [0.25, 0.3) is 11.5 Å². The van der Waals surface area contributed by atoms with E-state index in [9.17, 15) is 0 Å². The van der Waals surface area contributed by atoms with Crippen LogP contribution in [0.1, 0.15) is 30.8 Å². The van der Waals surface area contributed by atoms with Crippen molar-refractivity contribution in [2.75, 3.05) is 6.54 Å². The molecule has 0 amide bonds. The summed E-state index contributed by atoms with van der Waals surface area (Å²) in [6.45, 7) is 3.00. The summed E-state index contributed by atoms with van der Waals surface area (Å²) in [6.07, 6.45) is 4.21. The third kappa shape index (κ3) is 3.03. The summed E-state index contributed by atoms with van der Waals surface area (Å²) in [5.41, 5.74) is 1.89. The molecule has 0 fully saturated rings. The van der Waals surface area contributed by atoms with Gasteiger partial charge >= 0.3 is 0 Å². The molecule has 0 radical (unpaired) electrons. The summed E-state index contributed by atoms with van der Waals surface area (Å²) in [6, 6.07) is 11.8. The quantitative estimate of drug-likeness (QED) is 0.751. The van der Waals surface area contributed by atoms with E-state index in [1.54, 1.807) is 18.6 Å². The van der Waals surface area contributed by atoms with Crippen LogP contribution in [0.5, 0.6) is 0 Å². The number of aromatic nitrogens is 2. The standard InChI is InChI=1S/C16H17N3O2/c1-2-9-17-14(12-6-4-3-5-7-12)16-19-18-15(21-16)13-8-10-20-11-13/h3-8,10-11,14,17H,2,9H2,1H3. The maximum Gasteiger partial charge on any atom is 0.251 e. The van der Waals surface area contributed by atoms with Crippen LogP contribution in [0.2, 0.25) is 0 Å². The molecule has 0 aliphatic rings. The van der Waals surface area contributed by atoms with E-state index in [1.807, 2.05) is 18.2 Å². The largest absolute Gasteiger partial charge is 0.472 e. The third-order valence-corrected chi connectivity index (χ3v) is 3.19. The topological polar surface area (TPSA) is 64.1 Å². The highest BCUT2D eigenvalue weighted by Crippen LogP contribution is 2.25. The van der Waals surface area contributed by atoms with Crippen molar-refractivity contribution in [2.24, 2.45) is 0 Å². The SMILES string of the molecule is CCCNC(c1ccccc1)c1nnc(-c2ccoc2)o1. The van der Waals surface area contributed by atoms with E-state index >= 15 is 0 Å². The first kappa shape index (κ1) is 13.6. The molecule has 0 bridgehead atoms. The van der Waals surface area contributed by atoms with Crippen LogP contribution in [-0.4, -0.2) is 16.7 Å². The van der Waals surface area contributed by atoms with Gasteiger partial charge in [-0.25, -0.2) is 0 Å². The van der Waals surface area contributed by atoms with Gasteiger partial charge in [0.05, 0.1) is 11.8 Å². The summed E-state index contributed by atoms with van der Waals surface area (Å²) in [5, 5.41) is 11.7. The lowest BCUT2D eigenvalue weighted by Gasteiger charge is -2.14. The second-order valence-electron chi connectivity index (χ2n) is 4.76. The first-order valence-electron chi connectivity index (χ1n) is 7.02. The molecule has 5 heteroatoms. The van der Waals surface area contributed by atoms with E-state index < -0.39 is 0 Å². The van der Waals surface area contributed by atoms with Gasteiger partial charge in [-0.15, -0.1) is 10.2 Å². The number of nitrogens with one attached hydrogen (secondary N) is 1. The van der Waals surface area contributed by atoms with Gasteiger partial charge in [0.15, 0.2) is 0 Å². The van der Waals surface area contributed by atoms with Gasteiger partial charge < -0.3 is 14.2 Å². The zero-order valence-electron chi connectivity index (χ0n) is 11.8. The van der Waals surface area contributed by atoms with Crippen LogP contribution < -0.4 is 5.32 Å². The van der Waals surface area contributed by atoms with E-state index in [-0.39, 0.29) is 6.04 Å². The van der Waals surface area contributed by atoms with E-state index in [4.69, 9.17) is 8.83 Å². The van der Waals surface area contributed by atoms with Crippen molar-refractivity contribution in [3.63, 3.8) is 0 Å². The molecule has 1 N–H and O–H groups in total. The van der Waals surface area contributed by atoms with Gasteiger partial charge in [-0.05, 0) is 24.6 Å². The molecule has 2 heterocycles. The number of hydrogen-bond acceptors (Lipinski definition) is 5. The van der Waals surface area contributed by atoms with Crippen molar-refractivity contribution in [3.05, 3.63) is 60.4 Å². The molecule has 21 heavy (non-hydrogen) atoms. The van der Waals surface area contributed by atoms with Crippen LogP contribution in [0, 0.1) is 0 Å². The molecule has 3 aromatic rings. The average Bonchev–Trinajstić information content (AvgIpc) is 3.20. The van der Waals surface area contributed by atoms with Crippen LogP contribution in [0.4, 0.5) is 0 Å². The normalized spacial score (nSPS) is 12.4. The molecule has 1 atom stereocenters. The lowest BCUT2D eigenvalue weighted by Crippen LogP contribution is -2.23. The Morgan fingerprint density at radius 3 is 2.71 bits per heavy atom. The van der Waals surface area contributed by atoms with Crippen molar-refractivity contribution >= 4 is 0 Å². The van der Waals surface area contributed by atoms with Gasteiger partial charge in [0.25, 0.3) is 5.89 Å². The minimum atomic E-state index is -0.0979. The summed E-state index contributed by atoms with van der Waals surface area (Å²) in [5.74, 6) is 1.03. The van der Waals surface area contributed by atoms with Crippen molar-refractivity contribution in [1.82, 2.24) is 15.5 Å². The molecule has 0 aliphatic heterocycles. The molecule has 0 spiro atoms. The molecule has 3 rings (SSSR count). The number of furan rings is 1. The Morgan fingerprint density at radius 1 is 1.14 bits per heavy atom. The van der Waals surface area contributed by atoms with Crippen molar-refractivity contribution in [1.29, 1.82) is 0 Å². The van der Waals surface area contributed by atoms with Crippen LogP contribution in [0.15, 0.2) is 57.8 Å². The zero-order valence-corrected chi connectivity index (χ0v) is 11.8. The van der Waals surface area contributed by atoms with E-state index in [0.717, 1.165) is 24.1 Å². The first-order valence-corrected chi connectivity index (χ1v) is 7.02. The molecule has 1 unspecified atom stereocenters. The third-order valence-electron chi connectivity index (χ3n) is 3.19. The lowest BCUT2D eigenvalue weighted by molar-refractivity contribution is 0.438.